The Morgan fingerprint density at radius 3 is 2.58 bits per heavy atom. The van der Waals surface area contributed by atoms with Gasteiger partial charge in [-0.2, -0.15) is 18.4 Å². The summed E-state index contributed by atoms with van der Waals surface area (Å²) >= 11 is 0. The van der Waals surface area contributed by atoms with E-state index in [1.165, 1.54) is 17.2 Å². The van der Waals surface area contributed by atoms with Crippen molar-refractivity contribution in [2.24, 2.45) is 0 Å². The average Bonchev–Trinajstić information content (AvgIpc) is 3.08. The van der Waals surface area contributed by atoms with Gasteiger partial charge in [0.25, 0.3) is 0 Å². The van der Waals surface area contributed by atoms with Crippen LogP contribution in [0.2, 0.25) is 0 Å². The van der Waals surface area contributed by atoms with Crippen LogP contribution in [0, 0.1) is 18.3 Å². The highest BCUT2D eigenvalue weighted by molar-refractivity contribution is 5.84. The van der Waals surface area contributed by atoms with Gasteiger partial charge in [-0.15, -0.1) is 5.10 Å². The lowest BCUT2D eigenvalue weighted by molar-refractivity contribution is -0.137. The summed E-state index contributed by atoms with van der Waals surface area (Å²) in [5.74, 6) is 0.141. The third kappa shape index (κ3) is 3.78. The first-order valence-corrected chi connectivity index (χ1v) is 7.49. The lowest BCUT2D eigenvalue weighted by Crippen LogP contribution is -2.05. The number of hydrogen-bond donors (Lipinski definition) is 0. The van der Waals surface area contributed by atoms with Crippen molar-refractivity contribution < 1.29 is 13.2 Å². The zero-order valence-electron chi connectivity index (χ0n) is 13.6. The highest BCUT2D eigenvalue weighted by Gasteiger charge is 2.31. The van der Waals surface area contributed by atoms with Crippen molar-refractivity contribution in [2.45, 2.75) is 13.1 Å². The van der Waals surface area contributed by atoms with Crippen molar-refractivity contribution in [3.05, 3.63) is 65.7 Å². The summed E-state index contributed by atoms with van der Waals surface area (Å²) in [6.45, 7) is 1.58. The Hall–Kier alpha value is -3.47. The maximum atomic E-state index is 13.0. The van der Waals surface area contributed by atoms with Gasteiger partial charge in [0, 0.05) is 24.2 Å². The minimum Gasteiger partial charge on any atom is -0.265 e. The summed E-state index contributed by atoms with van der Waals surface area (Å²) in [5, 5.41) is 13.5. The molecule has 0 aliphatic heterocycles. The monoisotopic (exact) mass is 355 g/mol. The van der Waals surface area contributed by atoms with Crippen LogP contribution in [0.4, 0.5) is 13.2 Å². The van der Waals surface area contributed by atoms with Crippen LogP contribution in [0.1, 0.15) is 16.7 Å². The van der Waals surface area contributed by atoms with Gasteiger partial charge in [-0.05, 0) is 48.4 Å². The van der Waals surface area contributed by atoms with Crippen LogP contribution in [0.15, 0.2) is 49.1 Å². The minimum absolute atomic E-state index is 0.141. The van der Waals surface area contributed by atoms with E-state index < -0.39 is 11.7 Å². The van der Waals surface area contributed by atoms with Crippen LogP contribution in [0.25, 0.3) is 23.2 Å². The van der Waals surface area contributed by atoms with Crippen molar-refractivity contribution in [1.29, 1.82) is 5.26 Å². The number of aromatic nitrogens is 4. The van der Waals surface area contributed by atoms with E-state index in [0.717, 1.165) is 12.1 Å². The van der Waals surface area contributed by atoms with Crippen LogP contribution in [0.3, 0.4) is 0 Å². The molecule has 0 spiro atoms. The van der Waals surface area contributed by atoms with E-state index >= 15 is 0 Å². The van der Waals surface area contributed by atoms with Gasteiger partial charge in [0.2, 0.25) is 0 Å². The molecule has 2 aromatic heterocycles. The Bertz CT molecular complexity index is 998. The topological polar surface area (TPSA) is 67.4 Å². The van der Waals surface area contributed by atoms with Gasteiger partial charge >= 0.3 is 6.18 Å². The highest BCUT2D eigenvalue weighted by Crippen LogP contribution is 2.32. The summed E-state index contributed by atoms with van der Waals surface area (Å²) in [6.07, 6.45) is 1.45. The number of aryl methyl sites for hydroxylation is 1. The molecule has 0 amide bonds. The highest BCUT2D eigenvalue weighted by atomic mass is 19.4. The zero-order valence-corrected chi connectivity index (χ0v) is 13.6. The standard InChI is InChI=1S/C18H12F3N5/c1-12-6-14(8-16(7-12)18(19,20)21)17-24-11-26(25-17)10-15(9-22)13-2-4-23-5-3-13/h2-8,10-11H,1H3. The lowest BCUT2D eigenvalue weighted by Gasteiger charge is -2.09. The number of hydrogen-bond acceptors (Lipinski definition) is 4. The van der Waals surface area contributed by atoms with Gasteiger partial charge in [0.05, 0.1) is 11.1 Å². The molecule has 3 rings (SSSR count). The molecule has 0 unspecified atom stereocenters. The second-order valence-corrected chi connectivity index (χ2v) is 5.52. The maximum Gasteiger partial charge on any atom is 0.416 e. The first-order valence-electron chi connectivity index (χ1n) is 7.49. The van der Waals surface area contributed by atoms with Crippen molar-refractivity contribution in [2.75, 3.05) is 0 Å². The van der Waals surface area contributed by atoms with Crippen LogP contribution in [-0.2, 0) is 6.18 Å². The van der Waals surface area contributed by atoms with E-state index in [0.29, 0.717) is 16.7 Å². The van der Waals surface area contributed by atoms with Gasteiger partial charge in [0.15, 0.2) is 5.82 Å². The second kappa shape index (κ2) is 6.80. The average molecular weight is 355 g/mol. The van der Waals surface area contributed by atoms with Crippen LogP contribution < -0.4 is 0 Å². The molecule has 3 aromatic rings. The van der Waals surface area contributed by atoms with Gasteiger partial charge in [0.1, 0.15) is 12.4 Å². The minimum atomic E-state index is -4.45. The third-order valence-electron chi connectivity index (χ3n) is 3.54. The SMILES string of the molecule is Cc1cc(-c2ncn(C=C(C#N)c3ccncc3)n2)cc(C(F)(F)F)c1. The van der Waals surface area contributed by atoms with E-state index in [-0.39, 0.29) is 11.4 Å². The summed E-state index contributed by atoms with van der Waals surface area (Å²) < 4.78 is 40.2. The van der Waals surface area contributed by atoms with Crippen molar-refractivity contribution >= 4 is 11.8 Å². The summed E-state index contributed by atoms with van der Waals surface area (Å²) in [6, 6.07) is 9.04. The molecule has 1 aromatic carbocycles. The Morgan fingerprint density at radius 1 is 1.19 bits per heavy atom. The molecule has 0 bridgehead atoms. The maximum absolute atomic E-state index is 13.0. The first-order chi connectivity index (χ1) is 12.4. The van der Waals surface area contributed by atoms with Gasteiger partial charge in [-0.3, -0.25) is 4.98 Å². The molecule has 2 heterocycles. The van der Waals surface area contributed by atoms with Crippen LogP contribution in [-0.4, -0.2) is 19.7 Å². The lowest BCUT2D eigenvalue weighted by atomic mass is 10.1. The van der Waals surface area contributed by atoms with Gasteiger partial charge in [-0.1, -0.05) is 0 Å². The van der Waals surface area contributed by atoms with Gasteiger partial charge in [-0.25, -0.2) is 9.67 Å². The Kier molecular flexibility index (Phi) is 4.54. The van der Waals surface area contributed by atoms with Crippen molar-refractivity contribution in [3.63, 3.8) is 0 Å². The smallest absolute Gasteiger partial charge is 0.265 e. The summed E-state index contributed by atoms with van der Waals surface area (Å²) in [5.41, 5.74) is 0.926. The molecule has 0 saturated carbocycles. The number of nitriles is 1. The van der Waals surface area contributed by atoms with E-state index in [1.54, 1.807) is 37.5 Å². The fraction of sp³-hybridized carbons (Fsp3) is 0.111. The molecule has 0 saturated heterocycles. The fourth-order valence-electron chi connectivity index (χ4n) is 2.38. The molecule has 0 atom stereocenters. The molecule has 0 N–H and O–H groups in total. The van der Waals surface area contributed by atoms with Crippen molar-refractivity contribution in [3.8, 4) is 17.5 Å². The largest absolute Gasteiger partial charge is 0.416 e. The van der Waals surface area contributed by atoms with E-state index in [2.05, 4.69) is 15.1 Å². The second-order valence-electron chi connectivity index (χ2n) is 5.52. The molecular formula is C18H12F3N5. The molecule has 26 heavy (non-hydrogen) atoms. The van der Waals surface area contributed by atoms with Crippen molar-refractivity contribution in [1.82, 2.24) is 19.7 Å². The number of alkyl halides is 3. The predicted octanol–water partition coefficient (Wildman–Crippen LogP) is 4.19. The van der Waals surface area contributed by atoms with E-state index in [9.17, 15) is 18.4 Å². The number of pyridine rings is 1. The Balaban J connectivity index is 1.97. The molecule has 0 aliphatic carbocycles. The van der Waals surface area contributed by atoms with Crippen LogP contribution in [0.5, 0.6) is 0 Å². The Labute approximate surface area is 147 Å². The quantitative estimate of drug-likeness (QED) is 0.661. The number of rotatable bonds is 3. The molecule has 0 fully saturated rings. The molecule has 8 heteroatoms. The molecular weight excluding hydrogens is 343 g/mol. The van der Waals surface area contributed by atoms with Crippen LogP contribution >= 0.6 is 0 Å². The van der Waals surface area contributed by atoms with E-state index in [4.69, 9.17) is 0 Å². The van der Waals surface area contributed by atoms with E-state index in [1.807, 2.05) is 6.07 Å². The molecule has 0 radical (unpaired) electrons. The summed E-state index contributed by atoms with van der Waals surface area (Å²) in [7, 11) is 0. The molecule has 5 nitrogen and oxygen atoms in total. The third-order valence-corrected chi connectivity index (χ3v) is 3.54. The number of allylic oxidation sites excluding steroid dienone is 1. The fourth-order valence-corrected chi connectivity index (χ4v) is 2.38. The number of nitrogens with zero attached hydrogens (tertiary/aromatic N) is 5. The number of benzene rings is 1. The number of halogens is 3. The Morgan fingerprint density at radius 2 is 1.92 bits per heavy atom. The molecule has 130 valence electrons. The zero-order chi connectivity index (χ0) is 18.7. The molecule has 0 aliphatic rings. The first kappa shape index (κ1) is 17.4. The predicted molar refractivity (Wildman–Crippen MR) is 89.2 cm³/mol. The van der Waals surface area contributed by atoms with Gasteiger partial charge < -0.3 is 0 Å². The summed E-state index contributed by atoms with van der Waals surface area (Å²) in [4.78, 5) is 7.94. The normalized spacial score (nSPS) is 12.0.